The van der Waals surface area contributed by atoms with Gasteiger partial charge in [-0.05, 0) is 31.4 Å². The minimum absolute atomic E-state index is 0.0246. The zero-order valence-electron chi connectivity index (χ0n) is 9.36. The van der Waals surface area contributed by atoms with Gasteiger partial charge in [-0.1, -0.05) is 11.6 Å². The Kier molecular flexibility index (Phi) is 5.72. The first-order valence-electron chi connectivity index (χ1n) is 5.44. The third kappa shape index (κ3) is 4.58. The third-order valence-corrected chi connectivity index (χ3v) is 2.54. The number of nitro benzene ring substituents is 1. The lowest BCUT2D eigenvalue weighted by atomic mass is 10.2. The molecule has 5 nitrogen and oxygen atoms in total. The fourth-order valence-electron chi connectivity index (χ4n) is 1.45. The molecule has 6 heteroatoms. The minimum atomic E-state index is -0.438. The third-order valence-electron chi connectivity index (χ3n) is 2.31. The van der Waals surface area contributed by atoms with Gasteiger partial charge in [0.2, 0.25) is 0 Å². The van der Waals surface area contributed by atoms with Crippen molar-refractivity contribution in [2.75, 3.05) is 18.5 Å². The van der Waals surface area contributed by atoms with Crippen molar-refractivity contribution >= 4 is 23.0 Å². The van der Waals surface area contributed by atoms with E-state index in [2.05, 4.69) is 5.32 Å². The number of hydrogen-bond acceptors (Lipinski definition) is 4. The number of nitrogens with one attached hydrogen (secondary N) is 1. The van der Waals surface area contributed by atoms with Crippen LogP contribution >= 0.6 is 11.6 Å². The zero-order chi connectivity index (χ0) is 12.7. The van der Waals surface area contributed by atoms with Crippen molar-refractivity contribution in [3.05, 3.63) is 33.3 Å². The lowest BCUT2D eigenvalue weighted by molar-refractivity contribution is -0.384. The van der Waals surface area contributed by atoms with Crippen molar-refractivity contribution in [1.29, 1.82) is 0 Å². The van der Waals surface area contributed by atoms with Crippen LogP contribution in [0.4, 0.5) is 11.4 Å². The molecule has 0 spiro atoms. The number of benzene rings is 1. The SMILES string of the molecule is O=[N+]([O-])c1ccc(Cl)cc1NCCCCCO. The average Bonchev–Trinajstić information content (AvgIpc) is 2.28. The van der Waals surface area contributed by atoms with Gasteiger partial charge in [-0.25, -0.2) is 0 Å². The molecule has 0 amide bonds. The Morgan fingerprint density at radius 2 is 2.12 bits per heavy atom. The molecule has 0 fully saturated rings. The van der Waals surface area contributed by atoms with Crippen molar-refractivity contribution in [2.45, 2.75) is 19.3 Å². The fourth-order valence-corrected chi connectivity index (χ4v) is 1.62. The molecule has 0 saturated carbocycles. The smallest absolute Gasteiger partial charge is 0.292 e. The topological polar surface area (TPSA) is 75.4 Å². The van der Waals surface area contributed by atoms with Crippen LogP contribution in [0.3, 0.4) is 0 Å². The van der Waals surface area contributed by atoms with E-state index in [4.69, 9.17) is 16.7 Å². The van der Waals surface area contributed by atoms with E-state index in [9.17, 15) is 10.1 Å². The summed E-state index contributed by atoms with van der Waals surface area (Å²) >= 11 is 5.79. The van der Waals surface area contributed by atoms with Crippen LogP contribution in [0.25, 0.3) is 0 Å². The number of anilines is 1. The van der Waals surface area contributed by atoms with Crippen LogP contribution in [0.15, 0.2) is 18.2 Å². The highest BCUT2D eigenvalue weighted by molar-refractivity contribution is 6.31. The highest BCUT2D eigenvalue weighted by Crippen LogP contribution is 2.27. The van der Waals surface area contributed by atoms with Gasteiger partial charge < -0.3 is 10.4 Å². The van der Waals surface area contributed by atoms with Gasteiger partial charge in [0.15, 0.2) is 0 Å². The Labute approximate surface area is 105 Å². The van der Waals surface area contributed by atoms with Gasteiger partial charge in [-0.2, -0.15) is 0 Å². The normalized spacial score (nSPS) is 10.2. The van der Waals surface area contributed by atoms with Gasteiger partial charge in [0.25, 0.3) is 5.69 Å². The van der Waals surface area contributed by atoms with E-state index < -0.39 is 4.92 Å². The van der Waals surface area contributed by atoms with Crippen molar-refractivity contribution in [2.24, 2.45) is 0 Å². The molecule has 0 atom stereocenters. The van der Waals surface area contributed by atoms with Crippen LogP contribution in [0.5, 0.6) is 0 Å². The second-order valence-corrected chi connectivity index (χ2v) is 4.07. The van der Waals surface area contributed by atoms with Gasteiger partial charge in [0, 0.05) is 24.2 Å². The lowest BCUT2D eigenvalue weighted by Gasteiger charge is -2.07. The second kappa shape index (κ2) is 7.09. The van der Waals surface area contributed by atoms with Crippen molar-refractivity contribution in [3.63, 3.8) is 0 Å². The molecule has 0 aliphatic rings. The zero-order valence-corrected chi connectivity index (χ0v) is 10.1. The number of nitro groups is 1. The quantitative estimate of drug-likeness (QED) is 0.448. The molecule has 1 aromatic carbocycles. The monoisotopic (exact) mass is 258 g/mol. The summed E-state index contributed by atoms with van der Waals surface area (Å²) < 4.78 is 0. The molecule has 1 rings (SSSR count). The maximum atomic E-state index is 10.8. The molecule has 0 radical (unpaired) electrons. The molecule has 17 heavy (non-hydrogen) atoms. The van der Waals surface area contributed by atoms with Gasteiger partial charge in [-0.15, -0.1) is 0 Å². The summed E-state index contributed by atoms with van der Waals surface area (Å²) in [6.07, 6.45) is 2.49. The Balaban J connectivity index is 2.56. The molecule has 1 aromatic rings. The first-order chi connectivity index (χ1) is 8.15. The highest BCUT2D eigenvalue weighted by atomic mass is 35.5. The number of aliphatic hydroxyl groups excluding tert-OH is 1. The molecular weight excluding hydrogens is 244 g/mol. The molecule has 0 aliphatic heterocycles. The summed E-state index contributed by atoms with van der Waals surface area (Å²) in [7, 11) is 0. The van der Waals surface area contributed by atoms with Crippen LogP contribution in [-0.4, -0.2) is 23.2 Å². The average molecular weight is 259 g/mol. The summed E-state index contributed by atoms with van der Waals surface area (Å²) in [5.41, 5.74) is 0.461. The summed E-state index contributed by atoms with van der Waals surface area (Å²) in [6, 6.07) is 4.43. The molecular formula is C11H15ClN2O3. The lowest BCUT2D eigenvalue weighted by Crippen LogP contribution is -2.04. The van der Waals surface area contributed by atoms with E-state index in [-0.39, 0.29) is 12.3 Å². The molecule has 0 heterocycles. The molecule has 0 bridgehead atoms. The predicted octanol–water partition coefficient (Wildman–Crippen LogP) is 2.82. The Hall–Kier alpha value is -1.33. The van der Waals surface area contributed by atoms with E-state index in [0.29, 0.717) is 17.3 Å². The van der Waals surface area contributed by atoms with Gasteiger partial charge in [0.05, 0.1) is 4.92 Å². The van der Waals surface area contributed by atoms with Crippen molar-refractivity contribution in [1.82, 2.24) is 0 Å². The Morgan fingerprint density at radius 3 is 2.76 bits per heavy atom. The minimum Gasteiger partial charge on any atom is -0.396 e. The van der Waals surface area contributed by atoms with Crippen molar-refractivity contribution in [3.8, 4) is 0 Å². The Bertz CT molecular complexity index is 385. The number of rotatable bonds is 7. The van der Waals surface area contributed by atoms with Crippen LogP contribution in [0.1, 0.15) is 19.3 Å². The van der Waals surface area contributed by atoms with Crippen LogP contribution in [-0.2, 0) is 0 Å². The molecule has 2 N–H and O–H groups in total. The maximum Gasteiger partial charge on any atom is 0.292 e. The number of hydrogen-bond donors (Lipinski definition) is 2. The van der Waals surface area contributed by atoms with Crippen molar-refractivity contribution < 1.29 is 10.0 Å². The van der Waals surface area contributed by atoms with E-state index in [1.165, 1.54) is 12.1 Å². The maximum absolute atomic E-state index is 10.8. The van der Waals surface area contributed by atoms with Crippen LogP contribution in [0, 0.1) is 10.1 Å². The second-order valence-electron chi connectivity index (χ2n) is 3.63. The van der Waals surface area contributed by atoms with E-state index >= 15 is 0 Å². The summed E-state index contributed by atoms with van der Waals surface area (Å²) in [5.74, 6) is 0. The van der Waals surface area contributed by atoms with Gasteiger partial charge in [-0.3, -0.25) is 10.1 Å². The van der Waals surface area contributed by atoms with E-state index in [1.54, 1.807) is 6.07 Å². The summed E-state index contributed by atoms with van der Waals surface area (Å²) in [5, 5.41) is 22.8. The van der Waals surface area contributed by atoms with Crippen LogP contribution in [0.2, 0.25) is 5.02 Å². The van der Waals surface area contributed by atoms with Crippen LogP contribution < -0.4 is 5.32 Å². The summed E-state index contributed by atoms with van der Waals surface area (Å²) in [6.45, 7) is 0.804. The first kappa shape index (κ1) is 13.7. The fraction of sp³-hybridized carbons (Fsp3) is 0.455. The number of halogens is 1. The number of nitrogens with zero attached hydrogens (tertiary/aromatic N) is 1. The largest absolute Gasteiger partial charge is 0.396 e. The molecule has 0 unspecified atom stereocenters. The van der Waals surface area contributed by atoms with E-state index in [1.807, 2.05) is 0 Å². The molecule has 0 aliphatic carbocycles. The molecule has 0 aromatic heterocycles. The standard InChI is InChI=1S/C11H15ClN2O3/c12-9-4-5-11(14(16)17)10(8-9)13-6-2-1-3-7-15/h4-5,8,13,15H,1-3,6-7H2. The molecule has 0 saturated heterocycles. The van der Waals surface area contributed by atoms with Gasteiger partial charge >= 0.3 is 0 Å². The number of aliphatic hydroxyl groups is 1. The van der Waals surface area contributed by atoms with E-state index in [0.717, 1.165) is 19.3 Å². The molecule has 94 valence electrons. The first-order valence-corrected chi connectivity index (χ1v) is 5.81. The summed E-state index contributed by atoms with van der Waals surface area (Å²) in [4.78, 5) is 10.3. The number of unbranched alkanes of at least 4 members (excludes halogenated alkanes) is 2. The Morgan fingerprint density at radius 1 is 1.35 bits per heavy atom. The van der Waals surface area contributed by atoms with Gasteiger partial charge in [0.1, 0.15) is 5.69 Å². The predicted molar refractivity (Wildman–Crippen MR) is 67.5 cm³/mol. The highest BCUT2D eigenvalue weighted by Gasteiger charge is 2.12.